The van der Waals surface area contributed by atoms with E-state index in [0.29, 0.717) is 5.02 Å². The topological polar surface area (TPSA) is 61.1 Å². The summed E-state index contributed by atoms with van der Waals surface area (Å²) < 4.78 is 19.3. The largest absolute Gasteiger partial charge is 0.302 e. The minimum atomic E-state index is -2.13. The molecule has 0 fully saturated rings. The predicted molar refractivity (Wildman–Crippen MR) is 45.2 cm³/mol. The van der Waals surface area contributed by atoms with E-state index in [1.54, 1.807) is 6.07 Å². The zero-order valence-corrected chi connectivity index (χ0v) is 7.39. The van der Waals surface area contributed by atoms with Crippen LogP contribution in [0, 0.1) is 11.3 Å². The van der Waals surface area contributed by atoms with E-state index in [0.717, 1.165) is 0 Å². The fourth-order valence-corrected chi connectivity index (χ4v) is 1.39. The molecule has 0 amide bonds. The first kappa shape index (κ1) is 9.20. The van der Waals surface area contributed by atoms with Crippen molar-refractivity contribution in [3.63, 3.8) is 0 Å². The van der Waals surface area contributed by atoms with Crippen molar-refractivity contribution in [1.29, 1.82) is 5.26 Å². The Kier molecular flexibility index (Phi) is 2.82. The van der Waals surface area contributed by atoms with Gasteiger partial charge >= 0.3 is 0 Å². The van der Waals surface area contributed by atoms with E-state index in [9.17, 15) is 4.21 Å². The van der Waals surface area contributed by atoms with Crippen LogP contribution in [-0.4, -0.2) is 8.76 Å². The van der Waals surface area contributed by atoms with Crippen molar-refractivity contribution < 1.29 is 8.76 Å². The molecule has 0 bridgehead atoms. The zero-order chi connectivity index (χ0) is 9.14. The van der Waals surface area contributed by atoms with Crippen LogP contribution in [-0.2, 0) is 11.1 Å². The number of hydrogen-bond acceptors (Lipinski definition) is 2. The maximum absolute atomic E-state index is 10.6. The lowest BCUT2D eigenvalue weighted by atomic mass is 10.2. The van der Waals surface area contributed by atoms with E-state index in [1.165, 1.54) is 18.2 Å². The quantitative estimate of drug-likeness (QED) is 0.705. The first-order valence-electron chi connectivity index (χ1n) is 2.95. The van der Waals surface area contributed by atoms with Crippen molar-refractivity contribution in [2.24, 2.45) is 0 Å². The maximum Gasteiger partial charge on any atom is 0.187 e. The normalized spacial score (nSPS) is 12.1. The third-order valence-electron chi connectivity index (χ3n) is 1.25. The molecule has 1 aromatic rings. The molecule has 0 saturated carbocycles. The van der Waals surface area contributed by atoms with Crippen molar-refractivity contribution >= 4 is 22.7 Å². The highest BCUT2D eigenvalue weighted by Gasteiger charge is 2.07. The molecule has 0 aliphatic carbocycles. The number of rotatable bonds is 1. The molecule has 0 spiro atoms. The Balaban J connectivity index is 3.32. The lowest BCUT2D eigenvalue weighted by Crippen LogP contribution is -1.92. The number of benzene rings is 1. The van der Waals surface area contributed by atoms with Crippen LogP contribution in [0.25, 0.3) is 0 Å². The molecular formula is C7H4ClNO2S. The summed E-state index contributed by atoms with van der Waals surface area (Å²) in [6.07, 6.45) is 0. The molecule has 0 aromatic heterocycles. The molecule has 1 rings (SSSR count). The Labute approximate surface area is 76.9 Å². The van der Waals surface area contributed by atoms with E-state index in [1.807, 2.05) is 0 Å². The van der Waals surface area contributed by atoms with E-state index in [4.69, 9.17) is 21.4 Å². The van der Waals surface area contributed by atoms with Crippen molar-refractivity contribution in [2.75, 3.05) is 0 Å². The Bertz CT molecular complexity index is 372. The fraction of sp³-hybridized carbons (Fsp3) is 0. The van der Waals surface area contributed by atoms with Gasteiger partial charge in [-0.25, -0.2) is 4.21 Å². The van der Waals surface area contributed by atoms with E-state index >= 15 is 0 Å². The van der Waals surface area contributed by atoms with Crippen molar-refractivity contribution in [3.8, 4) is 6.07 Å². The first-order chi connectivity index (χ1) is 5.65. The minimum Gasteiger partial charge on any atom is -0.302 e. The third-order valence-corrected chi connectivity index (χ3v) is 2.22. The van der Waals surface area contributed by atoms with Gasteiger partial charge in [-0.1, -0.05) is 11.6 Å². The first-order valence-corrected chi connectivity index (χ1v) is 4.44. The van der Waals surface area contributed by atoms with E-state index < -0.39 is 11.1 Å². The van der Waals surface area contributed by atoms with Crippen molar-refractivity contribution in [2.45, 2.75) is 4.90 Å². The van der Waals surface area contributed by atoms with E-state index in [-0.39, 0.29) is 10.5 Å². The summed E-state index contributed by atoms with van der Waals surface area (Å²) in [5.41, 5.74) is 0.128. The van der Waals surface area contributed by atoms with Gasteiger partial charge in [-0.3, -0.25) is 0 Å². The van der Waals surface area contributed by atoms with Gasteiger partial charge in [0.05, 0.1) is 10.5 Å². The van der Waals surface area contributed by atoms with Crippen LogP contribution in [0.2, 0.25) is 5.02 Å². The maximum atomic E-state index is 10.6. The highest BCUT2D eigenvalue weighted by Crippen LogP contribution is 2.17. The van der Waals surface area contributed by atoms with Gasteiger partial charge in [0.15, 0.2) is 11.1 Å². The van der Waals surface area contributed by atoms with Gasteiger partial charge < -0.3 is 4.55 Å². The number of nitrogens with zero attached hydrogens (tertiary/aromatic N) is 1. The van der Waals surface area contributed by atoms with Crippen LogP contribution in [0.3, 0.4) is 0 Å². The average molecular weight is 202 g/mol. The summed E-state index contributed by atoms with van der Waals surface area (Å²) in [7, 11) is 0. The predicted octanol–water partition coefficient (Wildman–Crippen LogP) is 1.79. The van der Waals surface area contributed by atoms with Gasteiger partial charge in [0.2, 0.25) is 0 Å². The summed E-state index contributed by atoms with van der Waals surface area (Å²) in [5, 5.41) is 8.91. The fourth-order valence-electron chi connectivity index (χ4n) is 0.742. The smallest absolute Gasteiger partial charge is 0.187 e. The molecular weight excluding hydrogens is 198 g/mol. The van der Waals surface area contributed by atoms with Gasteiger partial charge in [0.1, 0.15) is 6.07 Å². The lowest BCUT2D eigenvalue weighted by molar-refractivity contribution is 0.564. The molecule has 0 aliphatic heterocycles. The highest BCUT2D eigenvalue weighted by molar-refractivity contribution is 7.79. The number of nitriles is 1. The van der Waals surface area contributed by atoms with Crippen LogP contribution < -0.4 is 0 Å². The van der Waals surface area contributed by atoms with Gasteiger partial charge in [0, 0.05) is 5.02 Å². The molecule has 0 aliphatic rings. The average Bonchev–Trinajstić information content (AvgIpc) is 2.03. The van der Waals surface area contributed by atoms with Gasteiger partial charge in [-0.05, 0) is 18.2 Å². The molecule has 1 unspecified atom stereocenters. The summed E-state index contributed by atoms with van der Waals surface area (Å²) in [6.45, 7) is 0. The van der Waals surface area contributed by atoms with Gasteiger partial charge in [-0.2, -0.15) is 5.26 Å². The van der Waals surface area contributed by atoms with Crippen LogP contribution in [0.5, 0.6) is 0 Å². The second-order valence-electron chi connectivity index (χ2n) is 2.00. The Hall–Kier alpha value is -0.890. The van der Waals surface area contributed by atoms with E-state index in [2.05, 4.69) is 0 Å². The molecule has 1 N–H and O–H groups in total. The molecule has 5 heteroatoms. The Morgan fingerprint density at radius 1 is 1.58 bits per heavy atom. The van der Waals surface area contributed by atoms with Gasteiger partial charge in [0.25, 0.3) is 0 Å². The summed E-state index contributed by atoms with van der Waals surface area (Å²) in [5.74, 6) is 0. The monoisotopic (exact) mass is 201 g/mol. The lowest BCUT2D eigenvalue weighted by Gasteiger charge is -1.97. The highest BCUT2D eigenvalue weighted by atomic mass is 35.5. The van der Waals surface area contributed by atoms with Crippen LogP contribution in [0.4, 0.5) is 0 Å². The molecule has 3 nitrogen and oxygen atoms in total. The molecule has 0 heterocycles. The Morgan fingerprint density at radius 2 is 2.25 bits per heavy atom. The minimum absolute atomic E-state index is 0.0851. The molecule has 1 aromatic carbocycles. The third kappa shape index (κ3) is 1.83. The molecule has 0 saturated heterocycles. The summed E-state index contributed by atoms with van der Waals surface area (Å²) in [6, 6.07) is 5.95. The number of hydrogen-bond donors (Lipinski definition) is 1. The standard InChI is InChI=1S/C7H4ClNO2S/c8-6-1-2-7(12(10)11)5(3-6)4-9/h1-3H,(H,10,11). The number of halogens is 1. The second-order valence-corrected chi connectivity index (χ2v) is 3.38. The molecule has 62 valence electrons. The second kappa shape index (κ2) is 3.68. The van der Waals surface area contributed by atoms with Crippen LogP contribution in [0.15, 0.2) is 23.1 Å². The molecule has 1 atom stereocenters. The SMILES string of the molecule is N#Cc1cc(Cl)ccc1S(=O)O. The van der Waals surface area contributed by atoms with Crippen LogP contribution >= 0.6 is 11.6 Å². The molecule has 12 heavy (non-hydrogen) atoms. The summed E-state index contributed by atoms with van der Waals surface area (Å²) in [4.78, 5) is 0.0851. The van der Waals surface area contributed by atoms with Crippen molar-refractivity contribution in [3.05, 3.63) is 28.8 Å². The van der Waals surface area contributed by atoms with Gasteiger partial charge in [-0.15, -0.1) is 0 Å². The summed E-state index contributed by atoms with van der Waals surface area (Å²) >= 11 is 3.44. The zero-order valence-electron chi connectivity index (χ0n) is 5.82. The van der Waals surface area contributed by atoms with Crippen molar-refractivity contribution in [1.82, 2.24) is 0 Å². The van der Waals surface area contributed by atoms with Crippen LogP contribution in [0.1, 0.15) is 5.56 Å². The Morgan fingerprint density at radius 3 is 2.75 bits per heavy atom. The molecule has 0 radical (unpaired) electrons.